The summed E-state index contributed by atoms with van der Waals surface area (Å²) >= 11 is -0.0584. The molecule has 0 unspecified atom stereocenters. The molecular formula is C14H12OSe. The van der Waals surface area contributed by atoms with Crippen molar-refractivity contribution in [3.05, 3.63) is 66.2 Å². The van der Waals surface area contributed by atoms with Crippen molar-refractivity contribution in [2.75, 3.05) is 0 Å². The molecule has 0 amide bonds. The number of hydrogen-bond acceptors (Lipinski definition) is 1. The van der Waals surface area contributed by atoms with E-state index in [1.807, 2.05) is 60.7 Å². The maximum atomic E-state index is 11.8. The average molecular weight is 275 g/mol. The average Bonchev–Trinajstić information content (AvgIpc) is 2.31. The van der Waals surface area contributed by atoms with Crippen LogP contribution in [0.1, 0.15) is 5.56 Å². The van der Waals surface area contributed by atoms with Gasteiger partial charge in [0.2, 0.25) is 0 Å². The first-order chi connectivity index (χ1) is 7.84. The second-order valence-corrected chi connectivity index (χ2v) is 5.82. The molecule has 16 heavy (non-hydrogen) atoms. The summed E-state index contributed by atoms with van der Waals surface area (Å²) < 4.78 is 1.47. The predicted octanol–water partition coefficient (Wildman–Crippen LogP) is 1.79. The minimum atomic E-state index is -0.0584. The Bertz CT molecular complexity index is 407. The fourth-order valence-corrected chi connectivity index (χ4v) is 3.09. The standard InChI is InChI=1S/C14H12OSe/c15-14(11-12-7-3-1-4-8-12)16-13-9-5-2-6-10-13/h1-10H,11H2. The molecule has 1 nitrogen and oxygen atoms in total. The van der Waals surface area contributed by atoms with Gasteiger partial charge in [-0.25, -0.2) is 0 Å². The van der Waals surface area contributed by atoms with Crippen LogP contribution in [-0.4, -0.2) is 19.6 Å². The fraction of sp³-hybridized carbons (Fsp3) is 0.0714. The Morgan fingerprint density at radius 3 is 2.06 bits per heavy atom. The van der Waals surface area contributed by atoms with Gasteiger partial charge < -0.3 is 0 Å². The SMILES string of the molecule is O=C(Cc1ccccc1)[Se]c1ccccc1. The van der Waals surface area contributed by atoms with E-state index in [9.17, 15) is 4.79 Å². The molecule has 2 aromatic rings. The third kappa shape index (κ3) is 3.34. The van der Waals surface area contributed by atoms with Crippen LogP contribution in [0.2, 0.25) is 0 Å². The van der Waals surface area contributed by atoms with E-state index in [4.69, 9.17) is 0 Å². The molecule has 0 spiro atoms. The van der Waals surface area contributed by atoms with Crippen LogP contribution in [0.4, 0.5) is 0 Å². The zero-order valence-electron chi connectivity index (χ0n) is 8.80. The molecule has 0 aliphatic rings. The molecule has 0 saturated carbocycles. The summed E-state index contributed by atoms with van der Waals surface area (Å²) in [5.41, 5.74) is 1.10. The second kappa shape index (κ2) is 5.64. The van der Waals surface area contributed by atoms with Gasteiger partial charge in [0, 0.05) is 0 Å². The molecule has 2 heteroatoms. The van der Waals surface area contributed by atoms with Crippen molar-refractivity contribution < 1.29 is 4.79 Å². The van der Waals surface area contributed by atoms with Crippen molar-refractivity contribution in [1.82, 2.24) is 0 Å². The number of hydrogen-bond donors (Lipinski definition) is 0. The minimum absolute atomic E-state index is 0.0584. The maximum absolute atomic E-state index is 11.8. The first-order valence-corrected chi connectivity index (χ1v) is 6.85. The Morgan fingerprint density at radius 2 is 1.44 bits per heavy atom. The van der Waals surface area contributed by atoms with Gasteiger partial charge in [-0.2, -0.15) is 0 Å². The molecule has 0 heterocycles. The summed E-state index contributed by atoms with van der Waals surface area (Å²) in [6, 6.07) is 19.9. The first kappa shape index (κ1) is 11.1. The van der Waals surface area contributed by atoms with Crippen molar-refractivity contribution in [2.24, 2.45) is 0 Å². The van der Waals surface area contributed by atoms with Crippen LogP contribution < -0.4 is 4.46 Å². The molecule has 0 aliphatic heterocycles. The number of rotatable bonds is 4. The van der Waals surface area contributed by atoms with Gasteiger partial charge in [0.25, 0.3) is 0 Å². The van der Waals surface area contributed by atoms with Crippen molar-refractivity contribution in [2.45, 2.75) is 6.42 Å². The van der Waals surface area contributed by atoms with E-state index in [2.05, 4.69) is 0 Å². The van der Waals surface area contributed by atoms with Crippen LogP contribution in [0.5, 0.6) is 0 Å². The summed E-state index contributed by atoms with van der Waals surface area (Å²) in [7, 11) is 0. The molecule has 80 valence electrons. The molecule has 0 N–H and O–H groups in total. The van der Waals surface area contributed by atoms with Gasteiger partial charge in [-0.3, -0.25) is 0 Å². The topological polar surface area (TPSA) is 17.1 Å². The zero-order chi connectivity index (χ0) is 11.2. The zero-order valence-corrected chi connectivity index (χ0v) is 10.5. The molecule has 0 saturated heterocycles. The van der Waals surface area contributed by atoms with Crippen LogP contribution in [0, 0.1) is 0 Å². The summed E-state index contributed by atoms with van der Waals surface area (Å²) in [6.07, 6.45) is 0.551. The molecule has 0 atom stereocenters. The van der Waals surface area contributed by atoms with E-state index in [1.54, 1.807) is 0 Å². The van der Waals surface area contributed by atoms with Crippen molar-refractivity contribution in [1.29, 1.82) is 0 Å². The Morgan fingerprint density at radius 1 is 0.875 bits per heavy atom. The Labute approximate surface area is 102 Å². The molecule has 0 aliphatic carbocycles. The van der Waals surface area contributed by atoms with Gasteiger partial charge in [0.1, 0.15) is 0 Å². The van der Waals surface area contributed by atoms with Crippen LogP contribution in [0.25, 0.3) is 0 Å². The van der Waals surface area contributed by atoms with E-state index in [1.165, 1.54) is 0 Å². The van der Waals surface area contributed by atoms with E-state index < -0.39 is 0 Å². The molecule has 0 fully saturated rings. The molecule has 2 aromatic carbocycles. The van der Waals surface area contributed by atoms with Crippen LogP contribution >= 0.6 is 0 Å². The second-order valence-electron chi connectivity index (χ2n) is 3.45. The number of carbonyl (C=O) groups is 1. The molecule has 0 bridgehead atoms. The van der Waals surface area contributed by atoms with Gasteiger partial charge in [-0.15, -0.1) is 0 Å². The van der Waals surface area contributed by atoms with Crippen LogP contribution in [-0.2, 0) is 11.2 Å². The van der Waals surface area contributed by atoms with Crippen LogP contribution in [0.15, 0.2) is 60.7 Å². The first-order valence-electron chi connectivity index (χ1n) is 5.14. The summed E-state index contributed by atoms with van der Waals surface area (Å²) in [4.78, 5) is 11.8. The molecular weight excluding hydrogens is 263 g/mol. The van der Waals surface area contributed by atoms with Gasteiger partial charge in [0.15, 0.2) is 0 Å². The third-order valence-electron chi connectivity index (χ3n) is 2.17. The number of benzene rings is 2. The van der Waals surface area contributed by atoms with Crippen molar-refractivity contribution in [3.63, 3.8) is 0 Å². The van der Waals surface area contributed by atoms with E-state index in [0.717, 1.165) is 10.0 Å². The molecule has 0 aromatic heterocycles. The quantitative estimate of drug-likeness (QED) is 0.777. The van der Waals surface area contributed by atoms with Gasteiger partial charge in [-0.1, -0.05) is 0 Å². The predicted molar refractivity (Wildman–Crippen MR) is 67.0 cm³/mol. The third-order valence-corrected chi connectivity index (χ3v) is 4.01. The Kier molecular flexibility index (Phi) is 3.92. The summed E-state index contributed by atoms with van der Waals surface area (Å²) in [5.74, 6) is 0. The fourth-order valence-electron chi connectivity index (χ4n) is 1.42. The number of carbonyl (C=O) groups excluding carboxylic acids is 1. The molecule has 0 radical (unpaired) electrons. The van der Waals surface area contributed by atoms with E-state index in [-0.39, 0.29) is 15.0 Å². The van der Waals surface area contributed by atoms with Gasteiger partial charge in [0.05, 0.1) is 0 Å². The van der Waals surface area contributed by atoms with E-state index in [0.29, 0.717) is 11.1 Å². The van der Waals surface area contributed by atoms with Crippen LogP contribution in [0.3, 0.4) is 0 Å². The van der Waals surface area contributed by atoms with E-state index >= 15 is 0 Å². The van der Waals surface area contributed by atoms with Crippen molar-refractivity contribution in [3.8, 4) is 0 Å². The monoisotopic (exact) mass is 276 g/mol. The van der Waals surface area contributed by atoms with Gasteiger partial charge in [-0.05, 0) is 0 Å². The summed E-state index contributed by atoms with van der Waals surface area (Å²) in [5, 5.41) is 0. The van der Waals surface area contributed by atoms with Gasteiger partial charge >= 0.3 is 102 Å². The Balaban J connectivity index is 1.95. The normalized spacial score (nSPS) is 10.0. The van der Waals surface area contributed by atoms with Crippen molar-refractivity contribution >= 4 is 24.1 Å². The Hall–Kier alpha value is -1.37. The summed E-state index contributed by atoms with van der Waals surface area (Å²) in [6.45, 7) is 0. The molecule has 2 rings (SSSR count).